The van der Waals surface area contributed by atoms with Crippen molar-refractivity contribution in [2.75, 3.05) is 19.8 Å². The number of aromatic nitrogens is 2. The van der Waals surface area contributed by atoms with E-state index in [4.69, 9.17) is 4.74 Å². The van der Waals surface area contributed by atoms with Gasteiger partial charge in [-0.15, -0.1) is 0 Å². The van der Waals surface area contributed by atoms with Gasteiger partial charge < -0.3 is 9.30 Å². The third-order valence-corrected chi connectivity index (χ3v) is 4.13. The molecule has 0 amide bonds. The highest BCUT2D eigenvalue weighted by Gasteiger charge is 2.26. The van der Waals surface area contributed by atoms with Gasteiger partial charge in [-0.25, -0.2) is 4.98 Å². The number of carbonyl (C=O) groups excluding carboxylic acids is 1. The molecule has 0 N–H and O–H groups in total. The Morgan fingerprint density at radius 1 is 1.36 bits per heavy atom. The van der Waals surface area contributed by atoms with Gasteiger partial charge in [-0.2, -0.15) is 0 Å². The number of imidazole rings is 1. The van der Waals surface area contributed by atoms with Crippen molar-refractivity contribution in [3.8, 4) is 0 Å². The molecule has 0 spiro atoms. The molecule has 5 nitrogen and oxygen atoms in total. The van der Waals surface area contributed by atoms with E-state index in [-0.39, 0.29) is 11.8 Å². The standard InChI is InChI=1S/C17H21N3O2/c1-19-8-7-18-17(19)12-20-9-10-22-13-15(20)11-16(21)14-5-3-2-4-6-14/h2-8,15H,9-13H2,1H3. The van der Waals surface area contributed by atoms with Gasteiger partial charge in [0, 0.05) is 44.0 Å². The number of morpholine rings is 1. The molecule has 1 saturated heterocycles. The maximum atomic E-state index is 12.4. The van der Waals surface area contributed by atoms with Crippen LogP contribution in [0.1, 0.15) is 22.6 Å². The number of hydrogen-bond acceptors (Lipinski definition) is 4. The molecule has 1 aromatic carbocycles. The molecule has 1 atom stereocenters. The van der Waals surface area contributed by atoms with Crippen LogP contribution in [0.3, 0.4) is 0 Å². The number of aryl methyl sites for hydroxylation is 1. The first kappa shape index (κ1) is 14.9. The van der Waals surface area contributed by atoms with Gasteiger partial charge in [-0.1, -0.05) is 30.3 Å². The zero-order valence-electron chi connectivity index (χ0n) is 12.8. The van der Waals surface area contributed by atoms with Crippen LogP contribution in [0.4, 0.5) is 0 Å². The molecular weight excluding hydrogens is 278 g/mol. The highest BCUT2D eigenvalue weighted by atomic mass is 16.5. The monoisotopic (exact) mass is 299 g/mol. The van der Waals surface area contributed by atoms with Gasteiger partial charge in [-0.3, -0.25) is 9.69 Å². The number of benzene rings is 1. The lowest BCUT2D eigenvalue weighted by Crippen LogP contribution is -2.46. The molecule has 0 saturated carbocycles. The van der Waals surface area contributed by atoms with Crippen molar-refractivity contribution in [1.82, 2.24) is 14.5 Å². The topological polar surface area (TPSA) is 47.4 Å². The smallest absolute Gasteiger partial charge is 0.164 e. The minimum Gasteiger partial charge on any atom is -0.378 e. The van der Waals surface area contributed by atoms with Crippen molar-refractivity contribution in [3.05, 3.63) is 54.1 Å². The van der Waals surface area contributed by atoms with Crippen LogP contribution in [0.15, 0.2) is 42.7 Å². The van der Waals surface area contributed by atoms with Crippen molar-refractivity contribution in [3.63, 3.8) is 0 Å². The summed E-state index contributed by atoms with van der Waals surface area (Å²) >= 11 is 0. The van der Waals surface area contributed by atoms with Gasteiger partial charge in [0.25, 0.3) is 0 Å². The van der Waals surface area contributed by atoms with Crippen LogP contribution in [0.2, 0.25) is 0 Å². The van der Waals surface area contributed by atoms with Crippen LogP contribution < -0.4 is 0 Å². The van der Waals surface area contributed by atoms with Crippen molar-refractivity contribution in [1.29, 1.82) is 0 Å². The SMILES string of the molecule is Cn1ccnc1CN1CCOCC1CC(=O)c1ccccc1. The first-order valence-electron chi connectivity index (χ1n) is 7.60. The summed E-state index contributed by atoms with van der Waals surface area (Å²) < 4.78 is 7.60. The molecule has 2 heterocycles. The van der Waals surface area contributed by atoms with E-state index in [1.807, 2.05) is 48.1 Å². The molecule has 1 fully saturated rings. The number of Topliss-reactive ketones (excluding diaryl/α,β-unsaturated/α-hetero) is 1. The second-order valence-electron chi connectivity index (χ2n) is 5.65. The molecule has 1 unspecified atom stereocenters. The second-order valence-corrected chi connectivity index (χ2v) is 5.65. The highest BCUT2D eigenvalue weighted by Crippen LogP contribution is 2.16. The van der Waals surface area contributed by atoms with Crippen LogP contribution in [0, 0.1) is 0 Å². The Morgan fingerprint density at radius 3 is 2.91 bits per heavy atom. The van der Waals surface area contributed by atoms with Crippen LogP contribution in [-0.4, -0.2) is 46.0 Å². The van der Waals surface area contributed by atoms with E-state index in [2.05, 4.69) is 9.88 Å². The lowest BCUT2D eigenvalue weighted by Gasteiger charge is -2.35. The lowest BCUT2D eigenvalue weighted by molar-refractivity contribution is -0.0139. The molecule has 116 valence electrons. The van der Waals surface area contributed by atoms with Gasteiger partial charge in [-0.05, 0) is 0 Å². The molecule has 22 heavy (non-hydrogen) atoms. The van der Waals surface area contributed by atoms with Gasteiger partial charge in [0.2, 0.25) is 0 Å². The van der Waals surface area contributed by atoms with Crippen LogP contribution in [0.5, 0.6) is 0 Å². The predicted molar refractivity (Wildman–Crippen MR) is 83.6 cm³/mol. The number of ether oxygens (including phenoxy) is 1. The normalized spacial score (nSPS) is 19.2. The summed E-state index contributed by atoms with van der Waals surface area (Å²) in [7, 11) is 1.99. The van der Waals surface area contributed by atoms with Crippen molar-refractivity contribution in [2.45, 2.75) is 19.0 Å². The lowest BCUT2D eigenvalue weighted by atomic mass is 10.0. The van der Waals surface area contributed by atoms with Gasteiger partial charge in [0.1, 0.15) is 5.82 Å². The summed E-state index contributed by atoms with van der Waals surface area (Å²) in [6, 6.07) is 9.57. The quantitative estimate of drug-likeness (QED) is 0.791. The van der Waals surface area contributed by atoms with Crippen molar-refractivity contribution in [2.24, 2.45) is 7.05 Å². The summed E-state index contributed by atoms with van der Waals surface area (Å²) in [5, 5.41) is 0. The average Bonchev–Trinajstić information content (AvgIpc) is 2.95. The fraction of sp³-hybridized carbons (Fsp3) is 0.412. The number of carbonyl (C=O) groups is 1. The van der Waals surface area contributed by atoms with E-state index in [1.54, 1.807) is 6.20 Å². The number of rotatable bonds is 5. The first-order chi connectivity index (χ1) is 10.7. The molecule has 5 heteroatoms. The molecule has 0 aliphatic carbocycles. The van der Waals surface area contributed by atoms with E-state index in [1.165, 1.54) is 0 Å². The van der Waals surface area contributed by atoms with E-state index < -0.39 is 0 Å². The zero-order chi connectivity index (χ0) is 15.4. The Balaban J connectivity index is 1.67. The average molecular weight is 299 g/mol. The molecule has 1 aliphatic rings. The van der Waals surface area contributed by atoms with Crippen molar-refractivity contribution >= 4 is 5.78 Å². The molecule has 2 aromatic rings. The third-order valence-electron chi connectivity index (χ3n) is 4.13. The fourth-order valence-corrected chi connectivity index (χ4v) is 2.77. The summed E-state index contributed by atoms with van der Waals surface area (Å²) in [5.74, 6) is 1.18. The minimum atomic E-state index is 0.109. The number of hydrogen-bond donors (Lipinski definition) is 0. The summed E-state index contributed by atoms with van der Waals surface area (Å²) in [5.41, 5.74) is 0.769. The van der Waals surface area contributed by atoms with Gasteiger partial charge in [0.15, 0.2) is 5.78 Å². The summed E-state index contributed by atoms with van der Waals surface area (Å²) in [6.45, 7) is 2.89. The molecule has 1 aliphatic heterocycles. The van der Waals surface area contributed by atoms with E-state index in [0.29, 0.717) is 19.6 Å². The van der Waals surface area contributed by atoms with E-state index in [0.717, 1.165) is 24.5 Å². The molecular formula is C17H21N3O2. The largest absolute Gasteiger partial charge is 0.378 e. The van der Waals surface area contributed by atoms with Gasteiger partial charge >= 0.3 is 0 Å². The third kappa shape index (κ3) is 3.43. The Kier molecular flexibility index (Phi) is 4.65. The molecule has 0 bridgehead atoms. The summed E-state index contributed by atoms with van der Waals surface area (Å²) in [4.78, 5) is 19.1. The Labute approximate surface area is 130 Å². The van der Waals surface area contributed by atoms with Crippen LogP contribution in [0.25, 0.3) is 0 Å². The van der Waals surface area contributed by atoms with Crippen molar-refractivity contribution < 1.29 is 9.53 Å². The minimum absolute atomic E-state index is 0.109. The maximum Gasteiger partial charge on any atom is 0.164 e. The Morgan fingerprint density at radius 2 is 2.18 bits per heavy atom. The molecule has 0 radical (unpaired) electrons. The Bertz CT molecular complexity index is 624. The number of ketones is 1. The predicted octanol–water partition coefficient (Wildman–Crippen LogP) is 1.89. The highest BCUT2D eigenvalue weighted by molar-refractivity contribution is 5.96. The summed E-state index contributed by atoms with van der Waals surface area (Å²) in [6.07, 6.45) is 4.23. The van der Waals surface area contributed by atoms with E-state index >= 15 is 0 Å². The fourth-order valence-electron chi connectivity index (χ4n) is 2.77. The first-order valence-corrected chi connectivity index (χ1v) is 7.60. The van der Waals surface area contributed by atoms with Crippen LogP contribution in [-0.2, 0) is 18.3 Å². The molecule has 3 rings (SSSR count). The molecule has 1 aromatic heterocycles. The van der Waals surface area contributed by atoms with E-state index in [9.17, 15) is 4.79 Å². The number of nitrogens with zero attached hydrogens (tertiary/aromatic N) is 3. The second kappa shape index (κ2) is 6.85. The Hall–Kier alpha value is -1.98. The van der Waals surface area contributed by atoms with Crippen LogP contribution >= 0.6 is 0 Å². The maximum absolute atomic E-state index is 12.4. The van der Waals surface area contributed by atoms with Gasteiger partial charge in [0.05, 0.1) is 19.8 Å². The zero-order valence-corrected chi connectivity index (χ0v) is 12.8.